The van der Waals surface area contributed by atoms with Crippen LogP contribution in [0.3, 0.4) is 0 Å². The molecule has 0 fully saturated rings. The Morgan fingerprint density at radius 1 is 0.944 bits per heavy atom. The summed E-state index contributed by atoms with van der Waals surface area (Å²) >= 11 is 1.84. The summed E-state index contributed by atoms with van der Waals surface area (Å²) in [5.74, 6) is 0.946. The van der Waals surface area contributed by atoms with Crippen LogP contribution in [0.2, 0.25) is 0 Å². The molecule has 2 heteroatoms. The van der Waals surface area contributed by atoms with Gasteiger partial charge in [-0.05, 0) is 24.6 Å². The highest BCUT2D eigenvalue weighted by atomic mass is 32.2. The molecule has 2 rings (SSSR count). The summed E-state index contributed by atoms with van der Waals surface area (Å²) in [7, 11) is 0. The zero-order valence-corrected chi connectivity index (χ0v) is 11.4. The average Bonchev–Trinajstić information content (AvgIpc) is 2.45. The van der Waals surface area contributed by atoms with Crippen LogP contribution in [-0.2, 0) is 4.74 Å². The van der Waals surface area contributed by atoms with Gasteiger partial charge in [-0.25, -0.2) is 0 Å². The lowest BCUT2D eigenvalue weighted by Gasteiger charge is -2.17. The molecule has 0 saturated carbocycles. The fourth-order valence-electron chi connectivity index (χ4n) is 1.80. The first-order valence-electron chi connectivity index (χ1n) is 6.24. The van der Waals surface area contributed by atoms with Gasteiger partial charge in [-0.15, -0.1) is 11.8 Å². The molecule has 0 aromatic heterocycles. The molecular formula is C16H18OS. The molecule has 0 radical (unpaired) electrons. The second kappa shape index (κ2) is 7.24. The molecule has 0 bridgehead atoms. The maximum Gasteiger partial charge on any atom is 0.0918 e. The van der Waals surface area contributed by atoms with Gasteiger partial charge in [0.15, 0.2) is 0 Å². The predicted octanol–water partition coefficient (Wildman–Crippen LogP) is 4.56. The minimum absolute atomic E-state index is 0.168. The first-order valence-corrected chi connectivity index (χ1v) is 7.23. The van der Waals surface area contributed by atoms with Crippen LogP contribution in [0.5, 0.6) is 0 Å². The van der Waals surface area contributed by atoms with Crippen LogP contribution in [0.15, 0.2) is 65.6 Å². The molecule has 0 aliphatic rings. The van der Waals surface area contributed by atoms with Gasteiger partial charge in [-0.1, -0.05) is 48.5 Å². The van der Waals surface area contributed by atoms with Crippen LogP contribution in [0.4, 0.5) is 0 Å². The zero-order chi connectivity index (χ0) is 12.6. The van der Waals surface area contributed by atoms with Gasteiger partial charge < -0.3 is 4.74 Å². The molecule has 18 heavy (non-hydrogen) atoms. The Balaban J connectivity index is 1.99. The molecule has 0 amide bonds. The third kappa shape index (κ3) is 3.90. The summed E-state index contributed by atoms with van der Waals surface area (Å²) in [4.78, 5) is 1.29. The van der Waals surface area contributed by atoms with Crippen molar-refractivity contribution in [2.24, 2.45) is 0 Å². The quantitative estimate of drug-likeness (QED) is 0.703. The van der Waals surface area contributed by atoms with Crippen molar-refractivity contribution >= 4 is 11.8 Å². The molecule has 94 valence electrons. The maximum absolute atomic E-state index is 5.83. The van der Waals surface area contributed by atoms with Crippen molar-refractivity contribution < 1.29 is 4.74 Å². The molecular weight excluding hydrogens is 240 g/mol. The number of thioether (sulfide) groups is 1. The van der Waals surface area contributed by atoms with Gasteiger partial charge in [0.05, 0.1) is 6.10 Å². The zero-order valence-electron chi connectivity index (χ0n) is 10.6. The topological polar surface area (TPSA) is 9.23 Å². The standard InChI is InChI=1S/C16H18OS/c1-2-17-16(14-9-5-3-6-10-14)13-18-15-11-7-4-8-12-15/h3-12,16H,2,13H2,1H3. The Bertz CT molecular complexity index is 441. The smallest absolute Gasteiger partial charge is 0.0918 e. The second-order valence-corrected chi connectivity index (χ2v) is 5.07. The monoisotopic (exact) mass is 258 g/mol. The molecule has 0 aliphatic carbocycles. The van der Waals surface area contributed by atoms with Gasteiger partial charge >= 0.3 is 0 Å². The van der Waals surface area contributed by atoms with E-state index in [4.69, 9.17) is 4.74 Å². The Morgan fingerprint density at radius 3 is 2.17 bits per heavy atom. The fraction of sp³-hybridized carbons (Fsp3) is 0.250. The van der Waals surface area contributed by atoms with Crippen LogP contribution in [0.1, 0.15) is 18.6 Å². The number of ether oxygens (including phenoxy) is 1. The highest BCUT2D eigenvalue weighted by molar-refractivity contribution is 7.99. The Labute approximate surface area is 113 Å². The van der Waals surface area contributed by atoms with Gasteiger partial charge in [0.2, 0.25) is 0 Å². The van der Waals surface area contributed by atoms with Crippen LogP contribution in [0.25, 0.3) is 0 Å². The molecule has 0 N–H and O–H groups in total. The van der Waals surface area contributed by atoms with E-state index in [1.165, 1.54) is 10.5 Å². The van der Waals surface area contributed by atoms with E-state index in [9.17, 15) is 0 Å². The lowest BCUT2D eigenvalue weighted by molar-refractivity contribution is 0.0798. The van der Waals surface area contributed by atoms with Gasteiger partial charge in [0, 0.05) is 17.3 Å². The van der Waals surface area contributed by atoms with Crippen molar-refractivity contribution in [1.29, 1.82) is 0 Å². The summed E-state index contributed by atoms with van der Waals surface area (Å²) in [5.41, 5.74) is 1.25. The number of benzene rings is 2. The molecule has 1 unspecified atom stereocenters. The molecule has 1 atom stereocenters. The van der Waals surface area contributed by atoms with Gasteiger partial charge in [-0.2, -0.15) is 0 Å². The lowest BCUT2D eigenvalue weighted by Crippen LogP contribution is -2.06. The normalized spacial score (nSPS) is 12.3. The van der Waals surface area contributed by atoms with E-state index in [0.29, 0.717) is 0 Å². The summed E-state index contributed by atoms with van der Waals surface area (Å²) in [6, 6.07) is 20.9. The van der Waals surface area contributed by atoms with E-state index in [1.807, 2.05) is 30.8 Å². The predicted molar refractivity (Wildman–Crippen MR) is 78.0 cm³/mol. The molecule has 0 aliphatic heterocycles. The lowest BCUT2D eigenvalue weighted by atomic mass is 10.1. The molecule has 1 nitrogen and oxygen atoms in total. The third-order valence-corrected chi connectivity index (χ3v) is 3.76. The SMILES string of the molecule is CCOC(CSc1ccccc1)c1ccccc1. The van der Waals surface area contributed by atoms with E-state index >= 15 is 0 Å². The van der Waals surface area contributed by atoms with Crippen molar-refractivity contribution in [2.75, 3.05) is 12.4 Å². The molecule has 0 heterocycles. The second-order valence-electron chi connectivity index (χ2n) is 3.98. The van der Waals surface area contributed by atoms with Crippen LogP contribution in [0, 0.1) is 0 Å². The first-order chi connectivity index (χ1) is 8.90. The number of rotatable bonds is 6. The Kier molecular flexibility index (Phi) is 5.31. The molecule has 0 spiro atoms. The average molecular weight is 258 g/mol. The third-order valence-electron chi connectivity index (χ3n) is 2.68. The number of hydrogen-bond donors (Lipinski definition) is 0. The Hall–Kier alpha value is -1.25. The fourth-order valence-corrected chi connectivity index (χ4v) is 2.78. The first kappa shape index (κ1) is 13.2. The summed E-state index contributed by atoms with van der Waals surface area (Å²) in [5, 5.41) is 0. The van der Waals surface area contributed by atoms with E-state index < -0.39 is 0 Å². The van der Waals surface area contributed by atoms with E-state index in [2.05, 4.69) is 48.5 Å². The van der Waals surface area contributed by atoms with Crippen molar-refractivity contribution in [2.45, 2.75) is 17.9 Å². The van der Waals surface area contributed by atoms with E-state index in [1.54, 1.807) is 0 Å². The van der Waals surface area contributed by atoms with Crippen molar-refractivity contribution in [1.82, 2.24) is 0 Å². The summed E-state index contributed by atoms with van der Waals surface area (Å²) in [6.45, 7) is 2.79. The molecule has 2 aromatic rings. The summed E-state index contributed by atoms with van der Waals surface area (Å²) < 4.78 is 5.83. The van der Waals surface area contributed by atoms with Crippen molar-refractivity contribution in [3.8, 4) is 0 Å². The maximum atomic E-state index is 5.83. The highest BCUT2D eigenvalue weighted by Gasteiger charge is 2.11. The van der Waals surface area contributed by atoms with E-state index in [-0.39, 0.29) is 6.10 Å². The van der Waals surface area contributed by atoms with Crippen LogP contribution >= 0.6 is 11.8 Å². The van der Waals surface area contributed by atoms with Crippen LogP contribution in [-0.4, -0.2) is 12.4 Å². The highest BCUT2D eigenvalue weighted by Crippen LogP contribution is 2.26. The van der Waals surface area contributed by atoms with Gasteiger partial charge in [0.25, 0.3) is 0 Å². The molecule has 0 saturated heterocycles. The number of hydrogen-bond acceptors (Lipinski definition) is 2. The largest absolute Gasteiger partial charge is 0.373 e. The van der Waals surface area contributed by atoms with Crippen LogP contribution < -0.4 is 0 Å². The minimum atomic E-state index is 0.168. The van der Waals surface area contributed by atoms with Gasteiger partial charge in [-0.3, -0.25) is 0 Å². The van der Waals surface area contributed by atoms with Crippen molar-refractivity contribution in [3.05, 3.63) is 66.2 Å². The van der Waals surface area contributed by atoms with E-state index in [0.717, 1.165) is 12.4 Å². The Morgan fingerprint density at radius 2 is 1.56 bits per heavy atom. The van der Waals surface area contributed by atoms with Gasteiger partial charge in [0.1, 0.15) is 0 Å². The minimum Gasteiger partial charge on any atom is -0.373 e. The molecule has 2 aromatic carbocycles. The van der Waals surface area contributed by atoms with Crippen molar-refractivity contribution in [3.63, 3.8) is 0 Å². The summed E-state index contributed by atoms with van der Waals surface area (Å²) in [6.07, 6.45) is 0.168.